The Balaban J connectivity index is 1.17. The van der Waals surface area contributed by atoms with E-state index in [1.54, 1.807) is 0 Å². The number of nitrogens with zero attached hydrogens (tertiary/aromatic N) is 5. The van der Waals surface area contributed by atoms with Crippen LogP contribution in [0.15, 0.2) is 48.9 Å². The maximum absolute atomic E-state index is 14.9. The fraction of sp³-hybridized carbons (Fsp3) is 0.424. The standard InChI is InChI=1S/C33H37F4N7O2/c1-4-21-15-22(5-6-24(21)32(45)42-12-9-23(10-13-42)44(2,3)19-20-16-38-17-20)41-30-31-40-18-26(43(31)14-11-39-30)25-7-8-27(46-33(36)37)29(35)28(25)34/h5-8,11,14-15,18,20,23,33,38H,4,9-10,12-13,16-17,19H2,1-3H3/p+1. The number of amides is 1. The Hall–Kier alpha value is -4.23. The molecular weight excluding hydrogens is 602 g/mol. The summed E-state index contributed by atoms with van der Waals surface area (Å²) in [4.78, 5) is 24.4. The summed E-state index contributed by atoms with van der Waals surface area (Å²) in [5.41, 5.74) is 2.61. The first-order chi connectivity index (χ1) is 22.1. The van der Waals surface area contributed by atoms with E-state index in [2.05, 4.69) is 39.4 Å². The number of likely N-dealkylation sites (tertiary alicyclic amines) is 1. The predicted octanol–water partition coefficient (Wildman–Crippen LogP) is 5.48. The van der Waals surface area contributed by atoms with Crippen molar-refractivity contribution in [3.63, 3.8) is 0 Å². The zero-order valence-corrected chi connectivity index (χ0v) is 26.1. The Labute approximate surface area is 264 Å². The van der Waals surface area contributed by atoms with Crippen molar-refractivity contribution in [2.24, 2.45) is 5.92 Å². The number of carbonyl (C=O) groups is 1. The number of alkyl halides is 2. The van der Waals surface area contributed by atoms with Gasteiger partial charge in [-0.2, -0.15) is 13.2 Å². The molecule has 4 heterocycles. The van der Waals surface area contributed by atoms with Crippen molar-refractivity contribution < 1.29 is 31.6 Å². The summed E-state index contributed by atoms with van der Waals surface area (Å²) in [6.07, 6.45) is 6.97. The summed E-state index contributed by atoms with van der Waals surface area (Å²) < 4.78 is 61.1. The van der Waals surface area contributed by atoms with Crippen molar-refractivity contribution in [1.29, 1.82) is 0 Å². The Morgan fingerprint density at radius 1 is 1.11 bits per heavy atom. The van der Waals surface area contributed by atoms with Gasteiger partial charge in [-0.25, -0.2) is 14.4 Å². The molecule has 0 radical (unpaired) electrons. The number of carbonyl (C=O) groups excluding carboxylic acids is 1. The fourth-order valence-electron chi connectivity index (χ4n) is 6.66. The molecule has 0 aliphatic carbocycles. The highest BCUT2D eigenvalue weighted by atomic mass is 19.3. The topological polar surface area (TPSA) is 83.8 Å². The van der Waals surface area contributed by atoms with E-state index >= 15 is 0 Å². The van der Waals surface area contributed by atoms with Crippen LogP contribution in [0.4, 0.5) is 29.1 Å². The first-order valence-electron chi connectivity index (χ1n) is 15.5. The second kappa shape index (κ2) is 12.9. The van der Waals surface area contributed by atoms with Crippen LogP contribution in [0.5, 0.6) is 5.75 Å². The highest BCUT2D eigenvalue weighted by Crippen LogP contribution is 2.33. The van der Waals surface area contributed by atoms with E-state index in [0.717, 1.165) is 73.7 Å². The number of imidazole rings is 1. The average Bonchev–Trinajstić information content (AvgIpc) is 3.46. The van der Waals surface area contributed by atoms with Gasteiger partial charge < -0.3 is 24.8 Å². The van der Waals surface area contributed by atoms with Gasteiger partial charge in [-0.15, -0.1) is 0 Å². The van der Waals surface area contributed by atoms with Crippen molar-refractivity contribution in [2.45, 2.75) is 38.8 Å². The number of quaternary nitrogens is 1. The first-order valence-corrected chi connectivity index (χ1v) is 15.5. The lowest BCUT2D eigenvalue weighted by molar-refractivity contribution is -0.919. The minimum absolute atomic E-state index is 0.0349. The van der Waals surface area contributed by atoms with Crippen molar-refractivity contribution in [3.05, 3.63) is 71.7 Å². The number of aromatic nitrogens is 3. The zero-order chi connectivity index (χ0) is 32.6. The Morgan fingerprint density at radius 2 is 1.87 bits per heavy atom. The number of rotatable bonds is 10. The number of fused-ring (bicyclic) bond motifs is 1. The molecule has 1 amide bonds. The summed E-state index contributed by atoms with van der Waals surface area (Å²) in [7, 11) is 4.62. The van der Waals surface area contributed by atoms with Crippen molar-refractivity contribution in [1.82, 2.24) is 24.6 Å². The van der Waals surface area contributed by atoms with Crippen LogP contribution in [0.25, 0.3) is 16.9 Å². The molecule has 13 heteroatoms. The van der Waals surface area contributed by atoms with Crippen LogP contribution in [-0.2, 0) is 6.42 Å². The van der Waals surface area contributed by atoms with E-state index in [-0.39, 0.29) is 17.2 Å². The molecule has 0 saturated carbocycles. The average molecular weight is 641 g/mol. The summed E-state index contributed by atoms with van der Waals surface area (Å²) >= 11 is 0. The molecule has 2 aromatic heterocycles. The molecule has 2 saturated heterocycles. The van der Waals surface area contributed by atoms with E-state index in [9.17, 15) is 22.4 Å². The number of hydrogen-bond donors (Lipinski definition) is 2. The Kier molecular flexibility index (Phi) is 8.88. The molecule has 2 N–H and O–H groups in total. The molecule has 2 fully saturated rings. The third-order valence-corrected chi connectivity index (χ3v) is 9.28. The van der Waals surface area contributed by atoms with Crippen LogP contribution < -0.4 is 15.4 Å². The molecular formula is C33H38F4N7O2+. The van der Waals surface area contributed by atoms with Gasteiger partial charge in [-0.1, -0.05) is 6.92 Å². The van der Waals surface area contributed by atoms with Gasteiger partial charge in [0.2, 0.25) is 5.82 Å². The van der Waals surface area contributed by atoms with Gasteiger partial charge >= 0.3 is 6.61 Å². The molecule has 2 aliphatic rings. The van der Waals surface area contributed by atoms with Gasteiger partial charge in [-0.05, 0) is 42.3 Å². The minimum Gasteiger partial charge on any atom is -0.432 e. The molecule has 0 atom stereocenters. The monoisotopic (exact) mass is 640 g/mol. The number of benzene rings is 2. The molecule has 244 valence electrons. The number of aryl methyl sites for hydroxylation is 1. The second-order valence-corrected chi connectivity index (χ2v) is 12.6. The minimum atomic E-state index is -3.29. The smallest absolute Gasteiger partial charge is 0.387 e. The highest BCUT2D eigenvalue weighted by Gasteiger charge is 2.37. The maximum Gasteiger partial charge on any atom is 0.387 e. The largest absolute Gasteiger partial charge is 0.432 e. The summed E-state index contributed by atoms with van der Waals surface area (Å²) in [5.74, 6) is -2.61. The fourth-order valence-corrected chi connectivity index (χ4v) is 6.66. The van der Waals surface area contributed by atoms with E-state index in [1.807, 2.05) is 30.0 Å². The first kappa shape index (κ1) is 31.7. The van der Waals surface area contributed by atoms with Gasteiger partial charge in [0, 0.05) is 74.1 Å². The van der Waals surface area contributed by atoms with Crippen LogP contribution in [0.3, 0.4) is 0 Å². The van der Waals surface area contributed by atoms with Gasteiger partial charge in [-0.3, -0.25) is 9.20 Å². The van der Waals surface area contributed by atoms with Gasteiger partial charge in [0.1, 0.15) is 0 Å². The third-order valence-electron chi connectivity index (χ3n) is 9.28. The van der Waals surface area contributed by atoms with Crippen LogP contribution >= 0.6 is 0 Å². The lowest BCUT2D eigenvalue weighted by Gasteiger charge is -2.45. The number of nitrogens with one attached hydrogen (secondary N) is 2. The number of hydrogen-bond acceptors (Lipinski definition) is 6. The molecule has 0 unspecified atom stereocenters. The maximum atomic E-state index is 14.9. The molecule has 2 aromatic carbocycles. The van der Waals surface area contributed by atoms with Gasteiger partial charge in [0.05, 0.1) is 38.6 Å². The van der Waals surface area contributed by atoms with Crippen molar-refractivity contribution >= 4 is 23.1 Å². The normalized spacial score (nSPS) is 16.2. The van der Waals surface area contributed by atoms with Crippen LogP contribution in [0.2, 0.25) is 0 Å². The summed E-state index contributed by atoms with van der Waals surface area (Å²) in [5, 5.41) is 6.60. The van der Waals surface area contributed by atoms with Crippen LogP contribution in [-0.4, -0.2) is 89.1 Å². The molecule has 0 bridgehead atoms. The molecule has 0 spiro atoms. The quantitative estimate of drug-likeness (QED) is 0.177. The van der Waals surface area contributed by atoms with Crippen molar-refractivity contribution in [2.75, 3.05) is 52.1 Å². The lowest BCUT2D eigenvalue weighted by Crippen LogP contribution is -2.59. The molecule has 6 rings (SSSR count). The number of piperidine rings is 1. The highest BCUT2D eigenvalue weighted by molar-refractivity contribution is 5.96. The van der Waals surface area contributed by atoms with E-state index in [1.165, 1.54) is 23.0 Å². The lowest BCUT2D eigenvalue weighted by atomic mass is 9.95. The molecule has 4 aromatic rings. The third kappa shape index (κ3) is 6.25. The summed E-state index contributed by atoms with van der Waals surface area (Å²) in [6.45, 7) is 3.53. The summed E-state index contributed by atoms with van der Waals surface area (Å²) in [6, 6.07) is 8.21. The molecule has 46 heavy (non-hydrogen) atoms. The van der Waals surface area contributed by atoms with E-state index < -0.39 is 24.0 Å². The van der Waals surface area contributed by atoms with Crippen molar-refractivity contribution in [3.8, 4) is 17.0 Å². The number of anilines is 2. The van der Waals surface area contributed by atoms with E-state index in [0.29, 0.717) is 35.2 Å². The van der Waals surface area contributed by atoms with Crippen LogP contribution in [0.1, 0.15) is 35.7 Å². The Bertz CT molecular complexity index is 1730. The molecule has 9 nitrogen and oxygen atoms in total. The van der Waals surface area contributed by atoms with Crippen LogP contribution in [0, 0.1) is 17.6 Å². The van der Waals surface area contributed by atoms with Gasteiger partial charge in [0.15, 0.2) is 23.0 Å². The Morgan fingerprint density at radius 3 is 2.54 bits per heavy atom. The zero-order valence-electron chi connectivity index (χ0n) is 26.1. The number of ether oxygens (including phenoxy) is 1. The van der Waals surface area contributed by atoms with E-state index in [4.69, 9.17) is 0 Å². The second-order valence-electron chi connectivity index (χ2n) is 12.6. The molecule has 2 aliphatic heterocycles. The van der Waals surface area contributed by atoms with Gasteiger partial charge in [0.25, 0.3) is 5.91 Å². The number of halogens is 4. The predicted molar refractivity (Wildman–Crippen MR) is 166 cm³/mol. The SMILES string of the molecule is CCc1cc(Nc2nccn3c(-c4ccc(OC(F)F)c(F)c4F)cnc23)ccc1C(=O)N1CCC([N+](C)(C)CC2CNC2)CC1.